The van der Waals surface area contributed by atoms with E-state index < -0.39 is 5.97 Å². The molecule has 0 radical (unpaired) electrons. The van der Waals surface area contributed by atoms with Gasteiger partial charge >= 0.3 is 5.97 Å². The molecular formula is C18H15NO4S. The maximum absolute atomic E-state index is 11.8. The molecule has 1 aromatic heterocycles. The fourth-order valence-corrected chi connectivity index (χ4v) is 3.03. The highest BCUT2D eigenvalue weighted by molar-refractivity contribution is 7.18. The van der Waals surface area contributed by atoms with Crippen molar-refractivity contribution in [2.75, 3.05) is 6.61 Å². The predicted octanol–water partition coefficient (Wildman–Crippen LogP) is 3.62. The van der Waals surface area contributed by atoms with Gasteiger partial charge in [-0.2, -0.15) is 0 Å². The monoisotopic (exact) mass is 341 g/mol. The highest BCUT2D eigenvalue weighted by Crippen LogP contribution is 2.22. The van der Waals surface area contributed by atoms with Crippen LogP contribution in [-0.4, -0.2) is 23.3 Å². The third-order valence-corrected chi connectivity index (χ3v) is 4.29. The highest BCUT2D eigenvalue weighted by atomic mass is 32.1. The molecule has 122 valence electrons. The quantitative estimate of drug-likeness (QED) is 0.389. The zero-order valence-electron chi connectivity index (χ0n) is 13.0. The van der Waals surface area contributed by atoms with E-state index in [1.165, 1.54) is 18.3 Å². The zero-order chi connectivity index (χ0) is 16.9. The van der Waals surface area contributed by atoms with Gasteiger partial charge in [-0.1, -0.05) is 12.1 Å². The van der Waals surface area contributed by atoms with Crippen LogP contribution < -0.4 is 4.74 Å². The lowest BCUT2D eigenvalue weighted by molar-refractivity contribution is -0.139. The second kappa shape index (κ2) is 7.33. The summed E-state index contributed by atoms with van der Waals surface area (Å²) in [5, 5.41) is 0.815. The van der Waals surface area contributed by atoms with Crippen LogP contribution in [0.2, 0.25) is 0 Å². The first-order chi connectivity index (χ1) is 11.6. The number of fused-ring (bicyclic) bond motifs is 1. The molecule has 3 rings (SSSR count). The van der Waals surface area contributed by atoms with Crippen molar-refractivity contribution in [2.45, 2.75) is 13.5 Å². The van der Waals surface area contributed by atoms with Gasteiger partial charge in [0.25, 0.3) is 0 Å². The minimum atomic E-state index is -0.494. The lowest BCUT2D eigenvalue weighted by atomic mass is 10.1. The molecule has 0 aliphatic rings. The van der Waals surface area contributed by atoms with Crippen LogP contribution in [0, 0.1) is 0 Å². The van der Waals surface area contributed by atoms with Gasteiger partial charge in [0.15, 0.2) is 5.78 Å². The van der Waals surface area contributed by atoms with Gasteiger partial charge in [-0.25, -0.2) is 9.78 Å². The number of carbonyl (C=O) groups is 2. The Morgan fingerprint density at radius 2 is 1.83 bits per heavy atom. The summed E-state index contributed by atoms with van der Waals surface area (Å²) in [6.45, 7) is 1.58. The van der Waals surface area contributed by atoms with Crippen molar-refractivity contribution in [1.82, 2.24) is 4.98 Å². The molecule has 0 unspecified atom stereocenters. The lowest BCUT2D eigenvalue weighted by Gasteiger charge is -2.05. The van der Waals surface area contributed by atoms with E-state index in [-0.39, 0.29) is 19.0 Å². The van der Waals surface area contributed by atoms with Gasteiger partial charge in [0.05, 0.1) is 16.8 Å². The summed E-state index contributed by atoms with van der Waals surface area (Å²) in [4.78, 5) is 27.4. The first-order valence-corrected chi connectivity index (χ1v) is 8.17. The number of hydrogen-bond acceptors (Lipinski definition) is 6. The van der Waals surface area contributed by atoms with Crippen molar-refractivity contribution in [2.24, 2.45) is 0 Å². The van der Waals surface area contributed by atoms with E-state index in [2.05, 4.69) is 4.98 Å². The number of nitrogens with zero attached hydrogens (tertiary/aromatic N) is 1. The van der Waals surface area contributed by atoms with E-state index in [0.717, 1.165) is 15.2 Å². The second-order valence-corrected chi connectivity index (χ2v) is 6.24. The Morgan fingerprint density at radius 1 is 1.08 bits per heavy atom. The number of thiazole rings is 1. The largest absolute Gasteiger partial charge is 0.425 e. The van der Waals surface area contributed by atoms with Crippen LogP contribution in [0.15, 0.2) is 48.5 Å². The molecule has 0 bridgehead atoms. The Labute approximate surface area is 142 Å². The average Bonchev–Trinajstić information content (AvgIpc) is 2.98. The smallest absolute Gasteiger partial charge is 0.337 e. The van der Waals surface area contributed by atoms with Gasteiger partial charge < -0.3 is 9.47 Å². The van der Waals surface area contributed by atoms with E-state index in [0.29, 0.717) is 11.3 Å². The third-order valence-electron chi connectivity index (χ3n) is 3.28. The van der Waals surface area contributed by atoms with Crippen LogP contribution >= 0.6 is 11.3 Å². The van der Waals surface area contributed by atoms with Gasteiger partial charge in [0.2, 0.25) is 0 Å². The van der Waals surface area contributed by atoms with Crippen LogP contribution in [0.4, 0.5) is 0 Å². The summed E-state index contributed by atoms with van der Waals surface area (Å²) < 4.78 is 11.6. The van der Waals surface area contributed by atoms with Gasteiger partial charge in [-0.3, -0.25) is 4.79 Å². The summed E-state index contributed by atoms with van der Waals surface area (Å²) in [5.41, 5.74) is 1.50. The van der Waals surface area contributed by atoms with Crippen LogP contribution in [0.5, 0.6) is 5.75 Å². The normalized spacial score (nSPS) is 10.7. The topological polar surface area (TPSA) is 65.5 Å². The summed E-state index contributed by atoms with van der Waals surface area (Å²) in [6, 6.07) is 14.2. The second-order valence-electron chi connectivity index (χ2n) is 5.12. The highest BCUT2D eigenvalue weighted by Gasteiger charge is 2.08. The number of ether oxygens (including phenoxy) is 2. The SMILES string of the molecule is CC(=O)c1ccc(OC(=O)COCc2nc3ccccc3s2)cc1. The van der Waals surface area contributed by atoms with E-state index in [9.17, 15) is 9.59 Å². The molecule has 24 heavy (non-hydrogen) atoms. The van der Waals surface area contributed by atoms with E-state index in [1.807, 2.05) is 24.3 Å². The molecule has 0 aliphatic carbocycles. The number of aromatic nitrogens is 1. The Balaban J connectivity index is 1.49. The van der Waals surface area contributed by atoms with Crippen molar-refractivity contribution in [3.05, 3.63) is 59.1 Å². The third kappa shape index (κ3) is 4.04. The first-order valence-electron chi connectivity index (χ1n) is 7.36. The van der Waals surface area contributed by atoms with Crippen LogP contribution in [0.3, 0.4) is 0 Å². The van der Waals surface area contributed by atoms with E-state index in [1.54, 1.807) is 24.3 Å². The minimum absolute atomic E-state index is 0.0351. The molecule has 0 N–H and O–H groups in total. The molecule has 2 aromatic carbocycles. The predicted molar refractivity (Wildman–Crippen MR) is 91.4 cm³/mol. The maximum Gasteiger partial charge on any atom is 0.337 e. The zero-order valence-corrected chi connectivity index (χ0v) is 13.8. The standard InChI is InChI=1S/C18H15NO4S/c1-12(20)13-6-8-14(9-7-13)23-18(21)11-22-10-17-19-15-4-2-3-5-16(15)24-17/h2-9H,10-11H2,1H3. The first kappa shape index (κ1) is 16.3. The fraction of sp³-hybridized carbons (Fsp3) is 0.167. The van der Waals surface area contributed by atoms with E-state index in [4.69, 9.17) is 9.47 Å². The number of Topliss-reactive ketones (excluding diaryl/α,β-unsaturated/α-hetero) is 1. The molecule has 0 amide bonds. The van der Waals surface area contributed by atoms with Gasteiger partial charge in [-0.15, -0.1) is 11.3 Å². The molecule has 0 spiro atoms. The number of benzene rings is 2. The maximum atomic E-state index is 11.8. The Bertz CT molecular complexity index is 837. The molecule has 0 saturated carbocycles. The molecule has 1 heterocycles. The van der Waals surface area contributed by atoms with Crippen molar-refractivity contribution in [3.8, 4) is 5.75 Å². The Kier molecular flexibility index (Phi) is 4.98. The number of hydrogen-bond donors (Lipinski definition) is 0. The molecule has 3 aromatic rings. The molecule has 0 fully saturated rings. The van der Waals surface area contributed by atoms with E-state index >= 15 is 0 Å². The van der Waals surface area contributed by atoms with Crippen LogP contribution in [0.1, 0.15) is 22.3 Å². The summed E-state index contributed by atoms with van der Waals surface area (Å²) >= 11 is 1.54. The number of carbonyl (C=O) groups excluding carboxylic acids is 2. The summed E-state index contributed by atoms with van der Waals surface area (Å²) in [5.74, 6) is -0.146. The average molecular weight is 341 g/mol. The van der Waals surface area contributed by atoms with Crippen molar-refractivity contribution < 1.29 is 19.1 Å². The fourth-order valence-electron chi connectivity index (χ4n) is 2.12. The van der Waals surface area contributed by atoms with Crippen molar-refractivity contribution in [3.63, 3.8) is 0 Å². The Hall–Kier alpha value is -2.57. The number of rotatable bonds is 6. The van der Waals surface area contributed by atoms with Gasteiger partial charge in [0.1, 0.15) is 17.4 Å². The lowest BCUT2D eigenvalue weighted by Crippen LogP contribution is -2.15. The van der Waals surface area contributed by atoms with Crippen LogP contribution in [0.25, 0.3) is 10.2 Å². The summed E-state index contributed by atoms with van der Waals surface area (Å²) in [6.07, 6.45) is 0. The molecular weight excluding hydrogens is 326 g/mol. The van der Waals surface area contributed by atoms with Gasteiger partial charge in [0, 0.05) is 5.56 Å². The molecule has 5 nitrogen and oxygen atoms in total. The number of ketones is 1. The summed E-state index contributed by atoms with van der Waals surface area (Å²) in [7, 11) is 0. The molecule has 0 atom stereocenters. The van der Waals surface area contributed by atoms with Gasteiger partial charge in [-0.05, 0) is 43.3 Å². The minimum Gasteiger partial charge on any atom is -0.425 e. The van der Waals surface area contributed by atoms with Crippen molar-refractivity contribution in [1.29, 1.82) is 0 Å². The van der Waals surface area contributed by atoms with Crippen molar-refractivity contribution >= 4 is 33.3 Å². The molecule has 0 saturated heterocycles. The number of esters is 1. The Morgan fingerprint density at radius 3 is 2.54 bits per heavy atom. The van der Waals surface area contributed by atoms with Crippen LogP contribution in [-0.2, 0) is 16.1 Å². The molecule has 0 aliphatic heterocycles. The number of para-hydroxylation sites is 1. The molecule has 6 heteroatoms.